The second kappa shape index (κ2) is 6.09. The summed E-state index contributed by atoms with van der Waals surface area (Å²) in [7, 11) is -2.14. The Morgan fingerprint density at radius 1 is 1.40 bits per heavy atom. The Labute approximate surface area is 127 Å². The molecular formula is C13H18BrFN2O2S. The highest BCUT2D eigenvalue weighted by atomic mass is 79.9. The van der Waals surface area contributed by atoms with Crippen molar-refractivity contribution in [2.75, 3.05) is 7.05 Å². The zero-order valence-electron chi connectivity index (χ0n) is 11.4. The molecule has 0 saturated heterocycles. The van der Waals surface area contributed by atoms with Crippen LogP contribution in [0.25, 0.3) is 0 Å². The van der Waals surface area contributed by atoms with Crippen molar-refractivity contribution in [1.82, 2.24) is 10.0 Å². The number of hydrogen-bond donors (Lipinski definition) is 2. The minimum Gasteiger partial charge on any atom is -0.316 e. The minimum atomic E-state index is -3.82. The van der Waals surface area contributed by atoms with E-state index < -0.39 is 15.8 Å². The van der Waals surface area contributed by atoms with E-state index in [-0.39, 0.29) is 17.5 Å². The van der Waals surface area contributed by atoms with Crippen molar-refractivity contribution < 1.29 is 12.8 Å². The molecule has 0 unspecified atom stereocenters. The SMILES string of the molecule is CNCc1cc(Br)cc(S(=O)(=O)NC2CC(C)C2)c1F. The fourth-order valence-corrected chi connectivity index (χ4v) is 4.48. The van der Waals surface area contributed by atoms with Crippen molar-refractivity contribution in [3.05, 3.63) is 28.0 Å². The maximum absolute atomic E-state index is 14.3. The first kappa shape index (κ1) is 15.9. The second-order valence-electron chi connectivity index (χ2n) is 5.30. The van der Waals surface area contributed by atoms with Crippen LogP contribution in [-0.4, -0.2) is 21.5 Å². The van der Waals surface area contributed by atoms with E-state index in [1.807, 2.05) is 0 Å². The number of benzene rings is 1. The lowest BCUT2D eigenvalue weighted by molar-refractivity contribution is 0.270. The van der Waals surface area contributed by atoms with Gasteiger partial charge in [-0.15, -0.1) is 0 Å². The lowest BCUT2D eigenvalue weighted by atomic mass is 9.83. The summed E-state index contributed by atoms with van der Waals surface area (Å²) in [5.74, 6) is -0.169. The molecule has 0 radical (unpaired) electrons. The largest absolute Gasteiger partial charge is 0.316 e. The summed E-state index contributed by atoms with van der Waals surface area (Å²) in [5, 5.41) is 2.82. The van der Waals surface area contributed by atoms with Crippen LogP contribution < -0.4 is 10.0 Å². The minimum absolute atomic E-state index is 0.0823. The van der Waals surface area contributed by atoms with Crippen molar-refractivity contribution in [1.29, 1.82) is 0 Å². The molecule has 1 fully saturated rings. The van der Waals surface area contributed by atoms with Crippen LogP contribution in [0.15, 0.2) is 21.5 Å². The predicted molar refractivity (Wildman–Crippen MR) is 79.4 cm³/mol. The van der Waals surface area contributed by atoms with Crippen LogP contribution in [0.1, 0.15) is 25.3 Å². The molecule has 7 heteroatoms. The Hall–Kier alpha value is -0.500. The predicted octanol–water partition coefficient (Wildman–Crippen LogP) is 2.38. The first-order valence-corrected chi connectivity index (χ1v) is 8.76. The molecule has 0 heterocycles. The van der Waals surface area contributed by atoms with Crippen LogP contribution >= 0.6 is 15.9 Å². The van der Waals surface area contributed by atoms with Crippen LogP contribution in [0.3, 0.4) is 0 Å². The van der Waals surface area contributed by atoms with Gasteiger partial charge in [0.15, 0.2) is 0 Å². The number of nitrogens with one attached hydrogen (secondary N) is 2. The molecule has 0 aliphatic heterocycles. The summed E-state index contributed by atoms with van der Waals surface area (Å²) in [4.78, 5) is -0.295. The van der Waals surface area contributed by atoms with E-state index >= 15 is 0 Å². The molecule has 4 nitrogen and oxygen atoms in total. The molecule has 1 aromatic carbocycles. The van der Waals surface area contributed by atoms with Crippen molar-refractivity contribution in [2.45, 2.75) is 37.2 Å². The van der Waals surface area contributed by atoms with Gasteiger partial charge < -0.3 is 5.32 Å². The normalized spacial score (nSPS) is 22.6. The lowest BCUT2D eigenvalue weighted by Gasteiger charge is -2.33. The third-order valence-electron chi connectivity index (χ3n) is 3.43. The number of halogens is 2. The van der Waals surface area contributed by atoms with E-state index in [0.29, 0.717) is 16.0 Å². The summed E-state index contributed by atoms with van der Waals surface area (Å²) in [6, 6.07) is 2.80. The van der Waals surface area contributed by atoms with Crippen molar-refractivity contribution in [3.63, 3.8) is 0 Å². The summed E-state index contributed by atoms with van der Waals surface area (Å²) >= 11 is 3.23. The van der Waals surface area contributed by atoms with E-state index in [4.69, 9.17) is 0 Å². The monoisotopic (exact) mass is 364 g/mol. The van der Waals surface area contributed by atoms with Gasteiger partial charge in [-0.3, -0.25) is 0 Å². The summed E-state index contributed by atoms with van der Waals surface area (Å²) in [6.07, 6.45) is 1.61. The highest BCUT2D eigenvalue weighted by Gasteiger charge is 2.31. The maximum Gasteiger partial charge on any atom is 0.243 e. The zero-order chi connectivity index (χ0) is 14.9. The van der Waals surface area contributed by atoms with Gasteiger partial charge in [0.05, 0.1) is 0 Å². The van der Waals surface area contributed by atoms with E-state index in [0.717, 1.165) is 12.8 Å². The van der Waals surface area contributed by atoms with Gasteiger partial charge in [-0.05, 0) is 37.9 Å². The molecule has 0 bridgehead atoms. The Morgan fingerprint density at radius 3 is 2.60 bits per heavy atom. The standard InChI is InChI=1S/C13H18BrFN2O2S/c1-8-3-11(4-8)17-20(18,19)12-6-10(14)5-9(7-16-2)13(12)15/h5-6,8,11,16-17H,3-4,7H2,1-2H3. The van der Waals surface area contributed by atoms with Crippen LogP contribution in [0.2, 0.25) is 0 Å². The molecule has 0 aromatic heterocycles. The topological polar surface area (TPSA) is 58.2 Å². The lowest BCUT2D eigenvalue weighted by Crippen LogP contribution is -2.43. The summed E-state index contributed by atoms with van der Waals surface area (Å²) in [5.41, 5.74) is 0.323. The average molecular weight is 365 g/mol. The number of sulfonamides is 1. The van der Waals surface area contributed by atoms with Crippen LogP contribution in [0.4, 0.5) is 4.39 Å². The molecule has 2 rings (SSSR count). The molecule has 1 saturated carbocycles. The molecule has 112 valence electrons. The molecule has 0 spiro atoms. The zero-order valence-corrected chi connectivity index (χ0v) is 13.8. The number of hydrogen-bond acceptors (Lipinski definition) is 3. The summed E-state index contributed by atoms with van der Waals surface area (Å²) < 4.78 is 42.0. The van der Waals surface area contributed by atoms with Gasteiger partial charge in [-0.25, -0.2) is 17.5 Å². The van der Waals surface area contributed by atoms with Crippen molar-refractivity contribution in [2.24, 2.45) is 5.92 Å². The Morgan fingerprint density at radius 2 is 2.05 bits per heavy atom. The van der Waals surface area contributed by atoms with Crippen LogP contribution in [-0.2, 0) is 16.6 Å². The Balaban J connectivity index is 2.30. The van der Waals surface area contributed by atoms with Gasteiger partial charge in [0.2, 0.25) is 10.0 Å². The van der Waals surface area contributed by atoms with Crippen LogP contribution in [0.5, 0.6) is 0 Å². The third kappa shape index (κ3) is 3.39. The van der Waals surface area contributed by atoms with Gasteiger partial charge >= 0.3 is 0 Å². The van der Waals surface area contributed by atoms with Gasteiger partial charge in [-0.2, -0.15) is 0 Å². The Kier molecular flexibility index (Phi) is 4.84. The van der Waals surface area contributed by atoms with Crippen molar-refractivity contribution >= 4 is 26.0 Å². The molecule has 1 aromatic rings. The van der Waals surface area contributed by atoms with E-state index in [1.165, 1.54) is 6.07 Å². The van der Waals surface area contributed by atoms with E-state index in [9.17, 15) is 12.8 Å². The molecule has 0 atom stereocenters. The number of rotatable bonds is 5. The van der Waals surface area contributed by atoms with Gasteiger partial charge in [0, 0.05) is 22.6 Å². The average Bonchev–Trinajstić information content (AvgIpc) is 2.31. The second-order valence-corrected chi connectivity index (χ2v) is 7.90. The maximum atomic E-state index is 14.3. The van der Waals surface area contributed by atoms with Gasteiger partial charge in [0.1, 0.15) is 10.7 Å². The van der Waals surface area contributed by atoms with Crippen LogP contribution in [0, 0.1) is 11.7 Å². The van der Waals surface area contributed by atoms with E-state index in [1.54, 1.807) is 13.1 Å². The molecule has 2 N–H and O–H groups in total. The quantitative estimate of drug-likeness (QED) is 0.843. The molecule has 0 amide bonds. The smallest absolute Gasteiger partial charge is 0.243 e. The van der Waals surface area contributed by atoms with Gasteiger partial charge in [0.25, 0.3) is 0 Å². The third-order valence-corrected chi connectivity index (χ3v) is 5.41. The fourth-order valence-electron chi connectivity index (χ4n) is 2.41. The molecule has 20 heavy (non-hydrogen) atoms. The highest BCUT2D eigenvalue weighted by Crippen LogP contribution is 2.29. The van der Waals surface area contributed by atoms with E-state index in [2.05, 4.69) is 32.9 Å². The molecule has 1 aliphatic carbocycles. The van der Waals surface area contributed by atoms with Gasteiger partial charge in [-0.1, -0.05) is 22.9 Å². The first-order valence-electron chi connectivity index (χ1n) is 6.48. The fraction of sp³-hybridized carbons (Fsp3) is 0.538. The highest BCUT2D eigenvalue weighted by molar-refractivity contribution is 9.10. The Bertz CT molecular complexity index is 601. The molecular weight excluding hydrogens is 347 g/mol. The van der Waals surface area contributed by atoms with Crippen molar-refractivity contribution in [3.8, 4) is 0 Å². The first-order chi connectivity index (χ1) is 9.33. The molecule has 1 aliphatic rings. The summed E-state index contributed by atoms with van der Waals surface area (Å²) in [6.45, 7) is 2.34.